The molecule has 0 aliphatic heterocycles. The van der Waals surface area contributed by atoms with Crippen LogP contribution in [0.2, 0.25) is 0 Å². The van der Waals surface area contributed by atoms with Crippen LogP contribution in [0.3, 0.4) is 0 Å². The van der Waals surface area contributed by atoms with Crippen molar-refractivity contribution >= 4 is 46.7 Å². The quantitative estimate of drug-likeness (QED) is 0.0526. The van der Waals surface area contributed by atoms with E-state index in [1.165, 1.54) is 86.8 Å². The Kier molecular flexibility index (Phi) is 15.0. The molecule has 0 spiro atoms. The molecular formula is C54H67N2O12+. The van der Waals surface area contributed by atoms with Crippen molar-refractivity contribution in [2.24, 2.45) is 10.8 Å². The Morgan fingerprint density at radius 2 is 0.897 bits per heavy atom. The number of benzene rings is 4. The molecule has 2 amide bonds. The van der Waals surface area contributed by atoms with Crippen molar-refractivity contribution in [1.82, 2.24) is 9.80 Å². The molecule has 2 atom stereocenters. The van der Waals surface area contributed by atoms with Gasteiger partial charge in [-0.15, -0.1) is 0 Å². The van der Waals surface area contributed by atoms with Crippen molar-refractivity contribution in [2.75, 3.05) is 13.7 Å². The monoisotopic (exact) mass is 935 g/mol. The normalized spacial score (nSPS) is 17.8. The number of hydrogen-bond acceptors (Lipinski definition) is 12. The van der Waals surface area contributed by atoms with E-state index in [1.54, 1.807) is 72.8 Å². The molecule has 14 nitrogen and oxygen atoms in total. The van der Waals surface area contributed by atoms with Crippen LogP contribution in [-0.4, -0.2) is 97.8 Å². The fourth-order valence-corrected chi connectivity index (χ4v) is 9.59. The van der Waals surface area contributed by atoms with Gasteiger partial charge in [0.05, 0.1) is 7.11 Å². The number of carbonyl (C=O) groups is 6. The molecule has 14 heteroatoms. The van der Waals surface area contributed by atoms with Crippen LogP contribution in [-0.2, 0) is 9.47 Å². The minimum absolute atomic E-state index is 0.0853. The number of ketones is 4. The highest BCUT2D eigenvalue weighted by molar-refractivity contribution is 6.04. The summed E-state index contributed by atoms with van der Waals surface area (Å²) in [6, 6.07) is 24.9. The summed E-state index contributed by atoms with van der Waals surface area (Å²) < 4.78 is 11.3. The van der Waals surface area contributed by atoms with Gasteiger partial charge in [-0.3, -0.25) is 19.2 Å². The van der Waals surface area contributed by atoms with Crippen LogP contribution in [0.1, 0.15) is 154 Å². The second-order valence-electron chi connectivity index (χ2n) is 21.5. The van der Waals surface area contributed by atoms with Crippen LogP contribution in [0.25, 0.3) is 0 Å². The van der Waals surface area contributed by atoms with Gasteiger partial charge in [0, 0.05) is 58.0 Å². The van der Waals surface area contributed by atoms with Gasteiger partial charge in [-0.2, -0.15) is 9.28 Å². The van der Waals surface area contributed by atoms with Gasteiger partial charge in [0.15, 0.2) is 29.2 Å². The maximum atomic E-state index is 14.6. The van der Waals surface area contributed by atoms with Gasteiger partial charge in [0.1, 0.15) is 40.3 Å². The lowest BCUT2D eigenvalue weighted by atomic mass is 9.62. The molecule has 0 saturated heterocycles. The average Bonchev–Trinajstić information content (AvgIpc) is 3.24. The zero-order valence-electron chi connectivity index (χ0n) is 41.2. The van der Waals surface area contributed by atoms with Crippen molar-refractivity contribution in [2.45, 2.75) is 130 Å². The van der Waals surface area contributed by atoms with Crippen LogP contribution >= 0.6 is 0 Å². The number of rotatable bonds is 16. The first-order valence-corrected chi connectivity index (χ1v) is 22.6. The number of hydrogen-bond donors (Lipinski definition) is 5. The smallest absolute Gasteiger partial charge is 0.436 e. The Bertz CT molecular complexity index is 2380. The molecule has 4 aromatic rings. The molecule has 68 heavy (non-hydrogen) atoms. The van der Waals surface area contributed by atoms with E-state index in [1.807, 2.05) is 6.92 Å². The second kappa shape index (κ2) is 19.2. The van der Waals surface area contributed by atoms with Crippen molar-refractivity contribution in [3.05, 3.63) is 130 Å². The average molecular weight is 936 g/mol. The summed E-state index contributed by atoms with van der Waals surface area (Å²) in [7, 11) is 1.27. The third kappa shape index (κ3) is 12.0. The number of amides is 2. The van der Waals surface area contributed by atoms with Crippen LogP contribution in [0.5, 0.6) is 0 Å². The first-order chi connectivity index (χ1) is 31.2. The van der Waals surface area contributed by atoms with Crippen LogP contribution in [0, 0.1) is 10.8 Å². The summed E-state index contributed by atoms with van der Waals surface area (Å²) in [5, 5.41) is 44.8. The highest BCUT2D eigenvalue weighted by Gasteiger charge is 2.53. The SMILES string of the molecule is COC(=O)[N+](CC1(C)CC(NC(=O)OC(c2ccc(C(=O)C(C)(C)O)cc2)c2ccc(C(=O)C(C)(C)O)cc2)CC(C)(C)C1)(c1ccc(C(=O)C(C)(C)O)cc1)c1ccc(C(=O)C(C)(C)O)cc1. The molecule has 2 unspecified atom stereocenters. The van der Waals surface area contributed by atoms with Crippen molar-refractivity contribution < 1.29 is 58.7 Å². The predicted octanol–water partition coefficient (Wildman–Crippen LogP) is 9.01. The summed E-state index contributed by atoms with van der Waals surface area (Å²) in [6.45, 7) is 17.4. The van der Waals surface area contributed by atoms with Crippen LogP contribution < -0.4 is 9.80 Å². The standard InChI is InChI=1S/C54H66N2O12/c1-49(2)29-39(55-47(61)68-42(33-13-17-35(18-14-33)43(57)50(3,4)63)34-15-19-36(20-16-34)44(58)51(5,6)64)30-54(11,31-49)32-56(48(62)67-12,40-25-21-37(22-26-40)45(59)52(7,8)65)41-27-23-38(24-28-41)46(60)53(9,10)66/h13-28,39,42,63-66H,29-32H2,1-12H3/p+1. The molecule has 1 saturated carbocycles. The number of aliphatic hydroxyl groups is 4. The molecule has 0 aromatic heterocycles. The van der Waals surface area contributed by atoms with Crippen molar-refractivity contribution in [3.8, 4) is 0 Å². The number of Topliss-reactive ketones (excluding diaryl/α,β-unsaturated/α-hetero) is 4. The molecule has 0 heterocycles. The Balaban J connectivity index is 1.54. The Labute approximate surface area is 398 Å². The van der Waals surface area contributed by atoms with E-state index in [4.69, 9.17) is 9.47 Å². The van der Waals surface area contributed by atoms with E-state index in [9.17, 15) is 49.2 Å². The fraction of sp³-hybridized carbons (Fsp3) is 0.444. The van der Waals surface area contributed by atoms with Gasteiger partial charge in [0.2, 0.25) is 0 Å². The Hall–Kier alpha value is -5.90. The zero-order chi connectivity index (χ0) is 51.0. The van der Waals surface area contributed by atoms with Crippen LogP contribution in [0.15, 0.2) is 97.1 Å². The molecule has 0 bridgehead atoms. The van der Waals surface area contributed by atoms with Gasteiger partial charge >= 0.3 is 12.2 Å². The van der Waals surface area contributed by atoms with E-state index in [0.717, 1.165) is 0 Å². The van der Waals surface area contributed by atoms with E-state index < -0.39 is 85.2 Å². The lowest BCUT2D eigenvalue weighted by Gasteiger charge is -2.49. The first-order valence-electron chi connectivity index (χ1n) is 22.6. The Morgan fingerprint density at radius 3 is 1.21 bits per heavy atom. The third-order valence-corrected chi connectivity index (χ3v) is 12.4. The van der Waals surface area contributed by atoms with Gasteiger partial charge in [-0.25, -0.2) is 4.79 Å². The zero-order valence-corrected chi connectivity index (χ0v) is 41.2. The first kappa shape index (κ1) is 53.1. The highest BCUT2D eigenvalue weighted by Crippen LogP contribution is 2.50. The number of alkyl carbamates (subject to hydrolysis) is 1. The minimum Gasteiger partial charge on any atom is -0.436 e. The molecule has 1 fully saturated rings. The van der Waals surface area contributed by atoms with E-state index in [-0.39, 0.29) is 28.8 Å². The molecule has 0 radical (unpaired) electrons. The fourth-order valence-electron chi connectivity index (χ4n) is 9.59. The predicted molar refractivity (Wildman–Crippen MR) is 258 cm³/mol. The summed E-state index contributed by atoms with van der Waals surface area (Å²) >= 11 is 0. The number of nitrogens with one attached hydrogen (secondary N) is 1. The van der Waals surface area contributed by atoms with Gasteiger partial charge in [0.25, 0.3) is 0 Å². The molecule has 5 N–H and O–H groups in total. The summed E-state index contributed by atoms with van der Waals surface area (Å²) in [5.74, 6) is -2.03. The van der Waals surface area contributed by atoms with Gasteiger partial charge in [-0.1, -0.05) is 69.3 Å². The number of quaternary nitrogens is 1. The van der Waals surface area contributed by atoms with Crippen molar-refractivity contribution in [3.63, 3.8) is 0 Å². The highest BCUT2D eigenvalue weighted by atomic mass is 16.6. The number of ether oxygens (including phenoxy) is 2. The van der Waals surface area contributed by atoms with E-state index in [2.05, 4.69) is 19.2 Å². The molecule has 364 valence electrons. The molecule has 5 rings (SSSR count). The Morgan fingerprint density at radius 1 is 0.574 bits per heavy atom. The number of carbonyl (C=O) groups excluding carboxylic acids is 6. The summed E-state index contributed by atoms with van der Waals surface area (Å²) in [6.07, 6.45) is -0.987. The van der Waals surface area contributed by atoms with Crippen LogP contribution in [0.4, 0.5) is 21.0 Å². The van der Waals surface area contributed by atoms with Gasteiger partial charge < -0.3 is 35.2 Å². The largest absolute Gasteiger partial charge is 0.526 e. The summed E-state index contributed by atoms with van der Waals surface area (Å²) in [4.78, 5) is 80.8. The second-order valence-corrected chi connectivity index (χ2v) is 21.5. The molecular weight excluding hydrogens is 869 g/mol. The molecule has 1 aliphatic rings. The topological polar surface area (TPSA) is 214 Å². The lowest BCUT2D eigenvalue weighted by molar-refractivity contribution is 0.0427. The molecule has 4 aromatic carbocycles. The third-order valence-electron chi connectivity index (χ3n) is 12.4. The minimum atomic E-state index is -1.66. The maximum absolute atomic E-state index is 14.6. The summed E-state index contributed by atoms with van der Waals surface area (Å²) in [5.41, 5.74) is -4.93. The number of methoxy groups -OCH3 is 1. The number of nitrogens with zero attached hydrogens (tertiary/aromatic N) is 1. The van der Waals surface area contributed by atoms with Gasteiger partial charge in [-0.05, 0) is 115 Å². The lowest BCUT2D eigenvalue weighted by Crippen LogP contribution is -2.58. The maximum Gasteiger partial charge on any atom is 0.526 e. The van der Waals surface area contributed by atoms with Crippen molar-refractivity contribution in [1.29, 1.82) is 0 Å². The van der Waals surface area contributed by atoms with E-state index in [0.29, 0.717) is 41.8 Å². The van der Waals surface area contributed by atoms with E-state index >= 15 is 0 Å². The molecule has 1 aliphatic carbocycles.